The molecule has 0 unspecified atom stereocenters. The van der Waals surface area contributed by atoms with E-state index in [0.717, 1.165) is 23.7 Å². The highest BCUT2D eigenvalue weighted by atomic mass is 16.6. The maximum absolute atomic E-state index is 12.8. The number of hydrogen-bond donors (Lipinski definition) is 1. The minimum atomic E-state index is -0.562. The van der Waals surface area contributed by atoms with E-state index in [0.29, 0.717) is 29.4 Å². The molecule has 0 atom stereocenters. The lowest BCUT2D eigenvalue weighted by Crippen LogP contribution is -2.32. The summed E-state index contributed by atoms with van der Waals surface area (Å²) in [7, 11) is 1.87. The molecule has 9 nitrogen and oxygen atoms in total. The predicted molar refractivity (Wildman–Crippen MR) is 128 cm³/mol. The molecule has 3 aromatic rings. The first kappa shape index (κ1) is 22.1. The summed E-state index contributed by atoms with van der Waals surface area (Å²) in [6.07, 6.45) is 3.32. The number of anilines is 1. The molecule has 34 heavy (non-hydrogen) atoms. The summed E-state index contributed by atoms with van der Waals surface area (Å²) < 4.78 is 5.28. The number of carbonyl (C=O) groups excluding carboxylic acids is 2. The summed E-state index contributed by atoms with van der Waals surface area (Å²) in [4.78, 5) is 42.2. The molecule has 3 aromatic heterocycles. The van der Waals surface area contributed by atoms with Gasteiger partial charge in [-0.15, -0.1) is 0 Å². The lowest BCUT2D eigenvalue weighted by molar-refractivity contribution is 0.0523. The van der Waals surface area contributed by atoms with Crippen molar-refractivity contribution in [3.05, 3.63) is 48.3 Å². The van der Waals surface area contributed by atoms with Gasteiger partial charge in [-0.25, -0.2) is 19.6 Å². The van der Waals surface area contributed by atoms with Gasteiger partial charge in [-0.1, -0.05) is 6.07 Å². The Kier molecular flexibility index (Phi) is 5.15. The van der Waals surface area contributed by atoms with Crippen LogP contribution in [0.1, 0.15) is 39.3 Å². The molecule has 1 aliphatic heterocycles. The molecule has 4 heterocycles. The Hall–Kier alpha value is -3.75. The molecule has 9 heteroatoms. The molecule has 1 spiro atoms. The molecule has 0 aromatic carbocycles. The van der Waals surface area contributed by atoms with E-state index in [4.69, 9.17) is 14.7 Å². The van der Waals surface area contributed by atoms with E-state index in [9.17, 15) is 9.59 Å². The molecule has 3 amide bonds. The zero-order valence-corrected chi connectivity index (χ0v) is 19.8. The zero-order chi connectivity index (χ0) is 24.1. The third-order valence-corrected chi connectivity index (χ3v) is 6.23. The van der Waals surface area contributed by atoms with E-state index in [1.54, 1.807) is 11.1 Å². The number of likely N-dealkylation sites (N-methyl/N-ethyl adjacent to an activating group) is 1. The molecule has 1 saturated heterocycles. The molecule has 5 rings (SSSR count). The van der Waals surface area contributed by atoms with E-state index < -0.39 is 11.7 Å². The van der Waals surface area contributed by atoms with Crippen LogP contribution in [0.5, 0.6) is 0 Å². The normalized spacial score (nSPS) is 16.9. The van der Waals surface area contributed by atoms with Crippen molar-refractivity contribution < 1.29 is 14.3 Å². The Morgan fingerprint density at radius 3 is 2.62 bits per heavy atom. The number of carbonyl (C=O) groups is 2. The number of amides is 3. The molecular weight excluding hydrogens is 432 g/mol. The van der Waals surface area contributed by atoms with Crippen LogP contribution in [0.25, 0.3) is 22.3 Å². The van der Waals surface area contributed by atoms with E-state index >= 15 is 0 Å². The van der Waals surface area contributed by atoms with Crippen molar-refractivity contribution in [1.82, 2.24) is 25.2 Å². The fraction of sp³-hybridized carbons (Fsp3) is 0.400. The lowest BCUT2D eigenvalue weighted by atomic mass is 10.2. The van der Waals surface area contributed by atoms with Gasteiger partial charge in [-0.3, -0.25) is 9.88 Å². The minimum absolute atomic E-state index is 0.0122. The Morgan fingerprint density at radius 1 is 1.15 bits per heavy atom. The van der Waals surface area contributed by atoms with Gasteiger partial charge < -0.3 is 15.0 Å². The number of rotatable bonds is 4. The molecule has 2 fully saturated rings. The van der Waals surface area contributed by atoms with E-state index in [-0.39, 0.29) is 18.1 Å². The topological polar surface area (TPSA) is 101 Å². The van der Waals surface area contributed by atoms with Crippen LogP contribution in [0.2, 0.25) is 0 Å². The molecule has 1 aliphatic carbocycles. The van der Waals surface area contributed by atoms with Crippen LogP contribution in [0.15, 0.2) is 42.6 Å². The summed E-state index contributed by atoms with van der Waals surface area (Å²) in [6, 6.07) is 11.3. The first-order valence-corrected chi connectivity index (χ1v) is 11.4. The van der Waals surface area contributed by atoms with Crippen LogP contribution in [0.4, 0.5) is 15.4 Å². The quantitative estimate of drug-likeness (QED) is 0.629. The number of pyridine rings is 3. The first-order valence-electron chi connectivity index (χ1n) is 11.4. The van der Waals surface area contributed by atoms with Crippen LogP contribution in [-0.4, -0.2) is 56.7 Å². The minimum Gasteiger partial charge on any atom is -0.444 e. The SMILES string of the molecule is CN1C(=O)N(c2cccc(-c3ccc4cnc(CNC(=O)OC(C)(C)C)cc4n3)n2)CC12CC2. The number of fused-ring (bicyclic) bond motifs is 1. The summed E-state index contributed by atoms with van der Waals surface area (Å²) in [5, 5.41) is 3.60. The van der Waals surface area contributed by atoms with Crippen LogP contribution in [-0.2, 0) is 11.3 Å². The fourth-order valence-corrected chi connectivity index (χ4v) is 4.16. The molecular formula is C25H28N6O3. The third kappa shape index (κ3) is 4.25. The van der Waals surface area contributed by atoms with E-state index in [2.05, 4.69) is 10.3 Å². The van der Waals surface area contributed by atoms with E-state index in [1.807, 2.05) is 69.1 Å². The second-order valence-electron chi connectivity index (χ2n) is 9.95. The smallest absolute Gasteiger partial charge is 0.407 e. The molecule has 1 saturated carbocycles. The highest BCUT2D eigenvalue weighted by molar-refractivity contribution is 5.95. The van der Waals surface area contributed by atoms with Gasteiger partial charge >= 0.3 is 12.1 Å². The first-order chi connectivity index (χ1) is 16.1. The number of hydrogen-bond acceptors (Lipinski definition) is 6. The molecule has 1 N–H and O–H groups in total. The number of alkyl carbamates (subject to hydrolysis) is 1. The fourth-order valence-electron chi connectivity index (χ4n) is 4.16. The average Bonchev–Trinajstić information content (AvgIpc) is 3.55. The van der Waals surface area contributed by atoms with Crippen molar-refractivity contribution >= 4 is 28.8 Å². The van der Waals surface area contributed by atoms with Crippen molar-refractivity contribution in [3.63, 3.8) is 0 Å². The number of aromatic nitrogens is 3. The Morgan fingerprint density at radius 2 is 1.91 bits per heavy atom. The van der Waals surface area contributed by atoms with Crippen LogP contribution >= 0.6 is 0 Å². The van der Waals surface area contributed by atoms with Crippen molar-refractivity contribution in [1.29, 1.82) is 0 Å². The summed E-state index contributed by atoms with van der Waals surface area (Å²) in [5.74, 6) is 0.636. The zero-order valence-electron chi connectivity index (χ0n) is 19.8. The Labute approximate surface area is 198 Å². The van der Waals surface area contributed by atoms with Crippen molar-refractivity contribution in [3.8, 4) is 11.4 Å². The van der Waals surface area contributed by atoms with Crippen LogP contribution in [0.3, 0.4) is 0 Å². The maximum atomic E-state index is 12.8. The summed E-state index contributed by atoms with van der Waals surface area (Å²) in [5.41, 5.74) is 2.23. The monoisotopic (exact) mass is 460 g/mol. The summed E-state index contributed by atoms with van der Waals surface area (Å²) in [6.45, 7) is 6.35. The van der Waals surface area contributed by atoms with Gasteiger partial charge in [0.1, 0.15) is 11.4 Å². The Bertz CT molecular complexity index is 1280. The van der Waals surface area contributed by atoms with Crippen LogP contribution < -0.4 is 10.2 Å². The highest BCUT2D eigenvalue weighted by Gasteiger charge is 2.56. The van der Waals surface area contributed by atoms with E-state index in [1.165, 1.54) is 0 Å². The highest BCUT2D eigenvalue weighted by Crippen LogP contribution is 2.46. The van der Waals surface area contributed by atoms with Gasteiger partial charge in [0.05, 0.1) is 41.2 Å². The molecule has 176 valence electrons. The summed E-state index contributed by atoms with van der Waals surface area (Å²) >= 11 is 0. The second kappa shape index (κ2) is 7.93. The van der Waals surface area contributed by atoms with Gasteiger partial charge in [0.2, 0.25) is 0 Å². The third-order valence-electron chi connectivity index (χ3n) is 6.23. The number of ether oxygens (including phenoxy) is 1. The van der Waals surface area contributed by atoms with Gasteiger partial charge in [0, 0.05) is 18.6 Å². The Balaban J connectivity index is 1.36. The number of nitrogens with zero attached hydrogens (tertiary/aromatic N) is 5. The number of urea groups is 1. The van der Waals surface area contributed by atoms with Crippen molar-refractivity contribution in [2.75, 3.05) is 18.5 Å². The lowest BCUT2D eigenvalue weighted by Gasteiger charge is -2.19. The van der Waals surface area contributed by atoms with Gasteiger partial charge in [0.15, 0.2) is 0 Å². The molecule has 0 radical (unpaired) electrons. The second-order valence-corrected chi connectivity index (χ2v) is 9.95. The average molecular weight is 461 g/mol. The van der Waals surface area contributed by atoms with Gasteiger partial charge in [-0.05, 0) is 63.9 Å². The van der Waals surface area contributed by atoms with Crippen molar-refractivity contribution in [2.24, 2.45) is 0 Å². The van der Waals surface area contributed by atoms with Gasteiger partial charge in [0.25, 0.3) is 0 Å². The molecule has 2 aliphatic rings. The predicted octanol–water partition coefficient (Wildman–Crippen LogP) is 4.12. The van der Waals surface area contributed by atoms with Crippen molar-refractivity contribution in [2.45, 2.75) is 51.3 Å². The maximum Gasteiger partial charge on any atom is 0.407 e. The van der Waals surface area contributed by atoms with Crippen LogP contribution in [0, 0.1) is 0 Å². The molecule has 0 bridgehead atoms. The number of nitrogens with one attached hydrogen (secondary N) is 1. The largest absolute Gasteiger partial charge is 0.444 e. The standard InChI is InChI=1S/C25H28N6O3/c1-24(2,3)34-22(32)27-14-17-12-20-16(13-26-17)8-9-19(28-20)18-6-5-7-21(29-18)31-15-25(10-11-25)30(4)23(31)33/h5-9,12-13H,10-11,14-15H2,1-4H3,(H,27,32). The van der Waals surface area contributed by atoms with Gasteiger partial charge in [-0.2, -0.15) is 0 Å².